The van der Waals surface area contributed by atoms with Crippen LogP contribution in [-0.4, -0.2) is 84.5 Å². The summed E-state index contributed by atoms with van der Waals surface area (Å²) in [5, 5.41) is 0. The van der Waals surface area contributed by atoms with Crippen LogP contribution in [0.5, 0.6) is 0 Å². The normalized spacial score (nSPS) is 24.7. The minimum atomic E-state index is -0.0133. The Labute approximate surface area is 173 Å². The van der Waals surface area contributed by atoms with Crippen molar-refractivity contribution in [1.29, 1.82) is 0 Å². The van der Waals surface area contributed by atoms with Crippen LogP contribution in [0.15, 0.2) is 24.3 Å². The maximum Gasteiger partial charge on any atom is 0.240 e. The topological polar surface area (TPSA) is 53.1 Å². The molecule has 0 radical (unpaired) electrons. The van der Waals surface area contributed by atoms with E-state index >= 15 is 0 Å². The molecule has 0 saturated carbocycles. The van der Waals surface area contributed by atoms with E-state index in [-0.39, 0.29) is 11.9 Å². The molecular weight excluding hydrogens is 366 g/mol. The highest BCUT2D eigenvalue weighted by molar-refractivity contribution is 5.83. The maximum absolute atomic E-state index is 13.2. The van der Waals surface area contributed by atoms with Crippen LogP contribution in [0.2, 0.25) is 0 Å². The minimum Gasteiger partial charge on any atom is -0.381 e. The second-order valence-corrected chi connectivity index (χ2v) is 8.62. The molecule has 1 aromatic rings. The van der Waals surface area contributed by atoms with Gasteiger partial charge in [0.15, 0.2) is 0 Å². The molecule has 3 fully saturated rings. The van der Waals surface area contributed by atoms with E-state index in [1.807, 2.05) is 17.0 Å². The van der Waals surface area contributed by atoms with E-state index in [4.69, 9.17) is 4.74 Å². The van der Waals surface area contributed by atoms with Crippen molar-refractivity contribution < 1.29 is 14.3 Å². The third-order valence-corrected chi connectivity index (χ3v) is 6.62. The Kier molecular flexibility index (Phi) is 6.50. The maximum atomic E-state index is 13.2. The number of carbonyl (C=O) groups excluding carboxylic acids is 2. The van der Waals surface area contributed by atoms with Crippen molar-refractivity contribution in [3.63, 3.8) is 0 Å². The number of nitrogens with zero attached hydrogens (tertiary/aromatic N) is 3. The Morgan fingerprint density at radius 3 is 2.55 bits per heavy atom. The summed E-state index contributed by atoms with van der Waals surface area (Å²) in [6, 6.07) is 8.50. The Balaban J connectivity index is 1.30. The van der Waals surface area contributed by atoms with Gasteiger partial charge in [0, 0.05) is 52.0 Å². The fourth-order valence-corrected chi connectivity index (χ4v) is 4.97. The SMILES string of the molecule is Cc1cccc(CC(=O)N2CCN([C@H]3CCCN(C4CCOCC4)C3=O)CC2)c1. The summed E-state index contributed by atoms with van der Waals surface area (Å²) in [7, 11) is 0. The van der Waals surface area contributed by atoms with Crippen LogP contribution in [0, 0.1) is 6.92 Å². The first kappa shape index (κ1) is 20.4. The molecule has 29 heavy (non-hydrogen) atoms. The molecule has 0 spiro atoms. The molecule has 0 unspecified atom stereocenters. The molecule has 158 valence electrons. The molecule has 3 saturated heterocycles. The van der Waals surface area contributed by atoms with E-state index in [1.54, 1.807) is 0 Å². The standard InChI is InChI=1S/C23H33N3O3/c1-18-4-2-5-19(16-18)17-22(27)25-12-10-24(11-13-25)21-6-3-9-26(23(21)28)20-7-14-29-15-8-20/h2,4-5,16,20-21H,3,6-15,17H2,1H3/t21-/m0/s1. The second-order valence-electron chi connectivity index (χ2n) is 8.62. The zero-order chi connectivity index (χ0) is 20.2. The number of carbonyl (C=O) groups is 2. The lowest BCUT2D eigenvalue weighted by atomic mass is 9.97. The van der Waals surface area contributed by atoms with Gasteiger partial charge in [-0.25, -0.2) is 0 Å². The Morgan fingerprint density at radius 2 is 1.83 bits per heavy atom. The Bertz CT molecular complexity index is 724. The van der Waals surface area contributed by atoms with Crippen molar-refractivity contribution in [2.75, 3.05) is 45.9 Å². The molecular formula is C23H33N3O3. The fourth-order valence-electron chi connectivity index (χ4n) is 4.97. The molecule has 6 heteroatoms. The van der Waals surface area contributed by atoms with Crippen molar-refractivity contribution in [2.45, 2.75) is 51.1 Å². The quantitative estimate of drug-likeness (QED) is 0.776. The number of aryl methyl sites for hydroxylation is 1. The van der Waals surface area contributed by atoms with Crippen molar-refractivity contribution in [3.05, 3.63) is 35.4 Å². The molecule has 3 heterocycles. The lowest BCUT2D eigenvalue weighted by molar-refractivity contribution is -0.146. The third kappa shape index (κ3) is 4.81. The van der Waals surface area contributed by atoms with Crippen LogP contribution < -0.4 is 0 Å². The number of piperidine rings is 1. The fraction of sp³-hybridized carbons (Fsp3) is 0.652. The van der Waals surface area contributed by atoms with Crippen LogP contribution in [0.4, 0.5) is 0 Å². The lowest BCUT2D eigenvalue weighted by Crippen LogP contribution is -2.60. The van der Waals surface area contributed by atoms with Gasteiger partial charge in [0.25, 0.3) is 0 Å². The molecule has 0 aromatic heterocycles. The van der Waals surface area contributed by atoms with Gasteiger partial charge in [-0.15, -0.1) is 0 Å². The number of rotatable bonds is 4. The molecule has 3 aliphatic heterocycles. The number of benzene rings is 1. The molecule has 4 rings (SSSR count). The van der Waals surface area contributed by atoms with E-state index in [9.17, 15) is 9.59 Å². The molecule has 0 bridgehead atoms. The van der Waals surface area contributed by atoms with E-state index < -0.39 is 0 Å². The number of hydrogen-bond acceptors (Lipinski definition) is 4. The van der Waals surface area contributed by atoms with Gasteiger partial charge in [0.05, 0.1) is 12.5 Å². The summed E-state index contributed by atoms with van der Waals surface area (Å²) in [4.78, 5) is 32.3. The van der Waals surface area contributed by atoms with Gasteiger partial charge in [-0.1, -0.05) is 29.8 Å². The zero-order valence-corrected chi connectivity index (χ0v) is 17.5. The average molecular weight is 400 g/mol. The third-order valence-electron chi connectivity index (χ3n) is 6.62. The Hall–Kier alpha value is -1.92. The molecule has 1 aromatic carbocycles. The first-order valence-electron chi connectivity index (χ1n) is 11.1. The molecule has 6 nitrogen and oxygen atoms in total. The summed E-state index contributed by atoms with van der Waals surface area (Å²) < 4.78 is 5.47. The van der Waals surface area contributed by atoms with Gasteiger partial charge in [0.1, 0.15) is 0 Å². The second kappa shape index (κ2) is 9.26. The molecule has 3 aliphatic rings. The first-order valence-corrected chi connectivity index (χ1v) is 11.1. The summed E-state index contributed by atoms with van der Waals surface area (Å²) in [5.74, 6) is 0.483. The van der Waals surface area contributed by atoms with Crippen LogP contribution in [0.3, 0.4) is 0 Å². The number of ether oxygens (including phenoxy) is 1. The number of likely N-dealkylation sites (tertiary alicyclic amines) is 1. The molecule has 0 aliphatic carbocycles. The van der Waals surface area contributed by atoms with Crippen molar-refractivity contribution in [1.82, 2.24) is 14.7 Å². The lowest BCUT2D eigenvalue weighted by Gasteiger charge is -2.45. The minimum absolute atomic E-state index is 0.0133. The van der Waals surface area contributed by atoms with Crippen molar-refractivity contribution >= 4 is 11.8 Å². The molecule has 0 N–H and O–H groups in total. The highest BCUT2D eigenvalue weighted by Gasteiger charge is 2.38. The average Bonchev–Trinajstić information content (AvgIpc) is 2.75. The smallest absolute Gasteiger partial charge is 0.240 e. The number of piperazine rings is 1. The van der Waals surface area contributed by atoms with E-state index in [2.05, 4.69) is 28.9 Å². The van der Waals surface area contributed by atoms with Crippen LogP contribution >= 0.6 is 0 Å². The number of amides is 2. The summed E-state index contributed by atoms with van der Waals surface area (Å²) in [6.45, 7) is 7.47. The van der Waals surface area contributed by atoms with Gasteiger partial charge in [-0.05, 0) is 38.2 Å². The molecule has 2 amide bonds. The van der Waals surface area contributed by atoms with Crippen LogP contribution in [0.1, 0.15) is 36.8 Å². The van der Waals surface area contributed by atoms with E-state index in [0.717, 1.165) is 64.1 Å². The zero-order valence-electron chi connectivity index (χ0n) is 17.5. The predicted octanol–water partition coefficient (Wildman–Crippen LogP) is 1.85. The highest BCUT2D eigenvalue weighted by atomic mass is 16.5. The predicted molar refractivity (Wildman–Crippen MR) is 112 cm³/mol. The Morgan fingerprint density at radius 1 is 1.07 bits per heavy atom. The van der Waals surface area contributed by atoms with E-state index in [1.165, 1.54) is 5.56 Å². The highest BCUT2D eigenvalue weighted by Crippen LogP contribution is 2.24. The number of hydrogen-bond donors (Lipinski definition) is 0. The van der Waals surface area contributed by atoms with Crippen molar-refractivity contribution in [3.8, 4) is 0 Å². The van der Waals surface area contributed by atoms with Gasteiger partial charge in [-0.3, -0.25) is 14.5 Å². The van der Waals surface area contributed by atoms with Gasteiger partial charge >= 0.3 is 0 Å². The monoisotopic (exact) mass is 399 g/mol. The summed E-state index contributed by atoms with van der Waals surface area (Å²) >= 11 is 0. The first-order chi connectivity index (χ1) is 14.1. The summed E-state index contributed by atoms with van der Waals surface area (Å²) in [6.07, 6.45) is 4.39. The largest absolute Gasteiger partial charge is 0.381 e. The van der Waals surface area contributed by atoms with Gasteiger partial charge < -0.3 is 14.5 Å². The van der Waals surface area contributed by atoms with Gasteiger partial charge in [0.2, 0.25) is 11.8 Å². The van der Waals surface area contributed by atoms with Gasteiger partial charge in [-0.2, -0.15) is 0 Å². The molecule has 1 atom stereocenters. The van der Waals surface area contributed by atoms with Crippen molar-refractivity contribution in [2.24, 2.45) is 0 Å². The van der Waals surface area contributed by atoms with E-state index in [0.29, 0.717) is 31.5 Å². The van der Waals surface area contributed by atoms with Crippen LogP contribution in [-0.2, 0) is 20.7 Å². The van der Waals surface area contributed by atoms with Crippen LogP contribution in [0.25, 0.3) is 0 Å². The summed E-state index contributed by atoms with van der Waals surface area (Å²) in [5.41, 5.74) is 2.26.